The summed E-state index contributed by atoms with van der Waals surface area (Å²) in [5.74, 6) is 0.564. The molecule has 0 spiro atoms. The number of thioether (sulfide) groups is 1. The van der Waals surface area contributed by atoms with Crippen LogP contribution < -0.4 is 10.1 Å². The minimum atomic E-state index is -0.258. The van der Waals surface area contributed by atoms with Crippen LogP contribution in [-0.2, 0) is 9.53 Å². The minimum absolute atomic E-state index is 0.0661. The van der Waals surface area contributed by atoms with Crippen molar-refractivity contribution < 1.29 is 14.3 Å². The van der Waals surface area contributed by atoms with E-state index in [1.165, 1.54) is 0 Å². The molecular formula is C22H24ClNO3S2. The third-order valence-corrected chi connectivity index (χ3v) is 6.98. The Morgan fingerprint density at radius 2 is 2.03 bits per heavy atom. The first kappa shape index (κ1) is 21.9. The van der Waals surface area contributed by atoms with Crippen LogP contribution in [-0.4, -0.2) is 29.4 Å². The zero-order valence-electron chi connectivity index (χ0n) is 16.8. The molecule has 0 aromatic heterocycles. The maximum absolute atomic E-state index is 12.4. The normalized spacial score (nSPS) is 18.6. The van der Waals surface area contributed by atoms with Gasteiger partial charge in [-0.15, -0.1) is 11.8 Å². The van der Waals surface area contributed by atoms with E-state index in [2.05, 4.69) is 11.4 Å². The predicted molar refractivity (Wildman–Crippen MR) is 124 cm³/mol. The van der Waals surface area contributed by atoms with Crippen molar-refractivity contribution in [3.05, 3.63) is 58.1 Å². The molecule has 29 heavy (non-hydrogen) atoms. The van der Waals surface area contributed by atoms with E-state index >= 15 is 0 Å². The summed E-state index contributed by atoms with van der Waals surface area (Å²) in [4.78, 5) is 13.0. The molecule has 1 aliphatic heterocycles. The fourth-order valence-corrected chi connectivity index (χ4v) is 5.38. The zero-order chi connectivity index (χ0) is 21.1. The number of carbonyl (C=O) groups excluding carboxylic acids is 1. The molecule has 0 saturated heterocycles. The molecular weight excluding hydrogens is 426 g/mol. The molecule has 2 aromatic rings. The third-order valence-electron chi connectivity index (χ3n) is 4.69. The molecule has 1 heterocycles. The van der Waals surface area contributed by atoms with Crippen molar-refractivity contribution in [3.63, 3.8) is 0 Å². The van der Waals surface area contributed by atoms with Gasteiger partial charge in [0.1, 0.15) is 5.75 Å². The molecule has 2 aromatic carbocycles. The summed E-state index contributed by atoms with van der Waals surface area (Å²) in [6.45, 7) is 5.72. The number of thiocarbonyl (C=S) groups is 1. The van der Waals surface area contributed by atoms with Gasteiger partial charge in [-0.1, -0.05) is 36.0 Å². The Kier molecular flexibility index (Phi) is 7.09. The summed E-state index contributed by atoms with van der Waals surface area (Å²) in [7, 11) is 1.67. The number of esters is 1. The van der Waals surface area contributed by atoms with Crippen molar-refractivity contribution in [1.82, 2.24) is 0 Å². The second kappa shape index (κ2) is 9.37. The molecule has 0 fully saturated rings. The number of carbonyl (C=O) groups is 1. The number of ether oxygens (including phenoxy) is 2. The molecule has 7 heteroatoms. The summed E-state index contributed by atoms with van der Waals surface area (Å²) < 4.78 is 10.9. The second-order valence-corrected chi connectivity index (χ2v) is 9.33. The Balaban J connectivity index is 2.05. The highest BCUT2D eigenvalue weighted by Crippen LogP contribution is 2.47. The summed E-state index contributed by atoms with van der Waals surface area (Å²) >= 11 is 13.6. The number of fused-ring (bicyclic) bond motifs is 1. The van der Waals surface area contributed by atoms with Gasteiger partial charge in [-0.25, -0.2) is 0 Å². The SMILES string of the molecule is COc1cccc([C@H]2S[C@H](CC(=O)OC(C)C)C(=S)Nc3ccc(Cl)cc32)c1C. The lowest BCUT2D eigenvalue weighted by Gasteiger charge is -2.23. The molecule has 1 aliphatic rings. The first-order valence-corrected chi connectivity index (χ1v) is 11.1. The number of nitrogens with one attached hydrogen (secondary N) is 1. The summed E-state index contributed by atoms with van der Waals surface area (Å²) in [6, 6.07) is 11.7. The van der Waals surface area contributed by atoms with Crippen LogP contribution in [0.3, 0.4) is 0 Å². The molecule has 0 aliphatic carbocycles. The van der Waals surface area contributed by atoms with Gasteiger partial charge in [0.15, 0.2) is 0 Å². The number of halogens is 1. The zero-order valence-corrected chi connectivity index (χ0v) is 19.2. The number of hydrogen-bond acceptors (Lipinski definition) is 5. The van der Waals surface area contributed by atoms with Crippen LogP contribution in [0.4, 0.5) is 5.69 Å². The average Bonchev–Trinajstić information content (AvgIpc) is 2.78. The number of methoxy groups -OCH3 is 1. The van der Waals surface area contributed by atoms with Crippen molar-refractivity contribution in [3.8, 4) is 5.75 Å². The lowest BCUT2D eigenvalue weighted by Crippen LogP contribution is -2.26. The van der Waals surface area contributed by atoms with E-state index in [-0.39, 0.29) is 29.0 Å². The second-order valence-electron chi connectivity index (χ2n) is 7.14. The molecule has 0 saturated carbocycles. The Morgan fingerprint density at radius 1 is 1.28 bits per heavy atom. The molecule has 0 unspecified atom stereocenters. The van der Waals surface area contributed by atoms with Crippen molar-refractivity contribution in [2.75, 3.05) is 12.4 Å². The van der Waals surface area contributed by atoms with Crippen LogP contribution in [0.1, 0.15) is 42.2 Å². The Hall–Kier alpha value is -1.76. The first-order chi connectivity index (χ1) is 13.8. The van der Waals surface area contributed by atoms with Gasteiger partial charge in [0, 0.05) is 10.7 Å². The van der Waals surface area contributed by atoms with E-state index in [1.54, 1.807) is 18.9 Å². The van der Waals surface area contributed by atoms with Gasteiger partial charge >= 0.3 is 5.97 Å². The highest BCUT2D eigenvalue weighted by molar-refractivity contribution is 8.02. The molecule has 3 rings (SSSR count). The van der Waals surface area contributed by atoms with E-state index in [0.29, 0.717) is 10.0 Å². The van der Waals surface area contributed by atoms with E-state index in [4.69, 9.17) is 33.3 Å². The smallest absolute Gasteiger partial charge is 0.307 e. The maximum atomic E-state index is 12.4. The third kappa shape index (κ3) is 5.05. The topological polar surface area (TPSA) is 47.6 Å². The van der Waals surface area contributed by atoms with Crippen LogP contribution in [0.15, 0.2) is 36.4 Å². The number of hydrogen-bond donors (Lipinski definition) is 1. The van der Waals surface area contributed by atoms with E-state index < -0.39 is 0 Å². The van der Waals surface area contributed by atoms with Crippen LogP contribution in [0.5, 0.6) is 5.75 Å². The fraction of sp³-hybridized carbons (Fsp3) is 0.364. The monoisotopic (exact) mass is 449 g/mol. The van der Waals surface area contributed by atoms with Crippen LogP contribution in [0.25, 0.3) is 0 Å². The molecule has 4 nitrogen and oxygen atoms in total. The average molecular weight is 450 g/mol. The van der Waals surface area contributed by atoms with E-state index in [0.717, 1.165) is 28.1 Å². The van der Waals surface area contributed by atoms with Crippen molar-refractivity contribution >= 4 is 52.2 Å². The van der Waals surface area contributed by atoms with Gasteiger partial charge in [0.05, 0.1) is 35.1 Å². The van der Waals surface area contributed by atoms with Crippen molar-refractivity contribution in [2.24, 2.45) is 0 Å². The lowest BCUT2D eigenvalue weighted by molar-refractivity contribution is -0.147. The molecule has 154 valence electrons. The summed E-state index contributed by atoms with van der Waals surface area (Å²) in [5, 5.41) is 3.68. The van der Waals surface area contributed by atoms with Crippen molar-refractivity contribution in [1.29, 1.82) is 0 Å². The number of benzene rings is 2. The van der Waals surface area contributed by atoms with Gasteiger partial charge in [-0.2, -0.15) is 0 Å². The lowest BCUT2D eigenvalue weighted by atomic mass is 9.98. The molecule has 2 atom stereocenters. The maximum Gasteiger partial charge on any atom is 0.307 e. The quantitative estimate of drug-likeness (QED) is 0.450. The van der Waals surface area contributed by atoms with E-state index in [1.807, 2.05) is 51.1 Å². The van der Waals surface area contributed by atoms with Gasteiger partial charge < -0.3 is 14.8 Å². The van der Waals surface area contributed by atoms with Crippen molar-refractivity contribution in [2.45, 2.75) is 43.8 Å². The van der Waals surface area contributed by atoms with Gasteiger partial charge in [-0.05, 0) is 61.7 Å². The molecule has 0 bridgehead atoms. The summed E-state index contributed by atoms with van der Waals surface area (Å²) in [6.07, 6.45) is 0.0443. The molecule has 1 N–H and O–H groups in total. The number of anilines is 1. The van der Waals surface area contributed by atoms with Crippen LogP contribution in [0.2, 0.25) is 5.02 Å². The predicted octanol–water partition coefficient (Wildman–Crippen LogP) is 5.94. The van der Waals surface area contributed by atoms with Gasteiger partial charge in [0.25, 0.3) is 0 Å². The Labute approximate surface area is 186 Å². The minimum Gasteiger partial charge on any atom is -0.496 e. The standard InChI is InChI=1S/C22H24ClNO3S2/c1-12(2)27-20(25)11-19-22(28)24-17-9-8-14(23)10-16(17)21(29-19)15-6-5-7-18(26-4)13(15)3/h5-10,12,19,21H,11H2,1-4H3,(H,24,28)/t19-,21-/m1/s1. The van der Waals surface area contributed by atoms with Gasteiger partial charge in [-0.3, -0.25) is 4.79 Å². The summed E-state index contributed by atoms with van der Waals surface area (Å²) in [5.41, 5.74) is 4.08. The largest absolute Gasteiger partial charge is 0.496 e. The van der Waals surface area contributed by atoms with E-state index in [9.17, 15) is 4.79 Å². The number of rotatable bonds is 5. The first-order valence-electron chi connectivity index (χ1n) is 9.39. The highest BCUT2D eigenvalue weighted by atomic mass is 35.5. The molecule has 0 amide bonds. The Bertz CT molecular complexity index is 932. The van der Waals surface area contributed by atoms with Crippen LogP contribution >= 0.6 is 35.6 Å². The molecule has 0 radical (unpaired) electrons. The van der Waals surface area contributed by atoms with Gasteiger partial charge in [0.2, 0.25) is 0 Å². The highest BCUT2D eigenvalue weighted by Gasteiger charge is 2.32. The fourth-order valence-electron chi connectivity index (χ4n) is 3.36. The van der Waals surface area contributed by atoms with Crippen LogP contribution in [0, 0.1) is 6.92 Å². The Morgan fingerprint density at radius 3 is 2.72 bits per heavy atom.